The summed E-state index contributed by atoms with van der Waals surface area (Å²) in [5.74, 6) is 0.00639. The molecular weight excluding hydrogens is 289 g/mol. The highest BCUT2D eigenvalue weighted by Crippen LogP contribution is 2.17. The van der Waals surface area contributed by atoms with Gasteiger partial charge in [0.05, 0.1) is 10.6 Å². The average molecular weight is 305 g/mol. The first-order valence-corrected chi connectivity index (χ1v) is 6.80. The van der Waals surface area contributed by atoms with E-state index in [2.05, 4.69) is 22.9 Å². The third kappa shape index (κ3) is 3.49. The minimum absolute atomic E-state index is 0.00639. The largest absolute Gasteiger partial charge is 0.338 e. The highest BCUT2D eigenvalue weighted by atomic mass is 79.9. The summed E-state index contributed by atoms with van der Waals surface area (Å²) in [7, 11) is 0. The van der Waals surface area contributed by atoms with Crippen LogP contribution >= 0.6 is 27.5 Å². The van der Waals surface area contributed by atoms with Crippen LogP contribution in [0.15, 0.2) is 24.3 Å². The number of rotatable bonds is 5. The fraction of sp³-hybridized carbons (Fsp3) is 0.417. The van der Waals surface area contributed by atoms with Crippen molar-refractivity contribution in [3.8, 4) is 0 Å². The van der Waals surface area contributed by atoms with E-state index >= 15 is 0 Å². The Bertz CT molecular complexity index is 351. The van der Waals surface area contributed by atoms with Gasteiger partial charge in [-0.15, -0.1) is 0 Å². The zero-order chi connectivity index (χ0) is 12.0. The van der Waals surface area contributed by atoms with Crippen molar-refractivity contribution in [2.24, 2.45) is 0 Å². The van der Waals surface area contributed by atoms with E-state index < -0.39 is 0 Å². The van der Waals surface area contributed by atoms with Gasteiger partial charge in [-0.2, -0.15) is 0 Å². The number of carbonyl (C=O) groups excluding carboxylic acids is 1. The first kappa shape index (κ1) is 13.5. The lowest BCUT2D eigenvalue weighted by molar-refractivity contribution is 0.0766. The topological polar surface area (TPSA) is 20.3 Å². The van der Waals surface area contributed by atoms with Crippen LogP contribution in [0.1, 0.15) is 23.7 Å². The number of nitrogens with zero attached hydrogens (tertiary/aromatic N) is 1. The third-order valence-electron chi connectivity index (χ3n) is 2.24. The van der Waals surface area contributed by atoms with Crippen LogP contribution < -0.4 is 0 Å². The summed E-state index contributed by atoms with van der Waals surface area (Å²) in [5.41, 5.74) is 0.582. The van der Waals surface area contributed by atoms with Gasteiger partial charge in [0.15, 0.2) is 0 Å². The Labute approximate surface area is 110 Å². The Hall–Kier alpha value is -0.540. The molecule has 1 amide bonds. The molecule has 0 aliphatic heterocycles. The van der Waals surface area contributed by atoms with Gasteiger partial charge in [-0.3, -0.25) is 4.79 Å². The maximum atomic E-state index is 12.2. The Balaban J connectivity index is 2.85. The normalized spacial score (nSPS) is 10.2. The van der Waals surface area contributed by atoms with Crippen molar-refractivity contribution in [3.05, 3.63) is 34.9 Å². The Morgan fingerprint density at radius 1 is 1.38 bits per heavy atom. The Morgan fingerprint density at radius 3 is 2.62 bits per heavy atom. The number of carbonyl (C=O) groups is 1. The monoisotopic (exact) mass is 303 g/mol. The molecule has 1 aromatic rings. The van der Waals surface area contributed by atoms with Crippen LogP contribution in [-0.4, -0.2) is 29.2 Å². The molecular formula is C12H15BrClNO. The van der Waals surface area contributed by atoms with Crippen LogP contribution in [0, 0.1) is 0 Å². The van der Waals surface area contributed by atoms with E-state index in [0.29, 0.717) is 17.1 Å². The molecule has 0 aromatic heterocycles. The van der Waals surface area contributed by atoms with Gasteiger partial charge in [0.25, 0.3) is 5.91 Å². The molecule has 0 saturated carbocycles. The van der Waals surface area contributed by atoms with E-state index in [-0.39, 0.29) is 5.91 Å². The SMILES string of the molecule is CCCN(CCBr)C(=O)c1ccccc1Cl. The summed E-state index contributed by atoms with van der Waals surface area (Å²) in [5, 5.41) is 1.30. The summed E-state index contributed by atoms with van der Waals surface area (Å²) in [6.45, 7) is 3.52. The molecule has 0 spiro atoms. The summed E-state index contributed by atoms with van der Waals surface area (Å²) in [6.07, 6.45) is 0.948. The standard InChI is InChI=1S/C12H15BrClNO/c1-2-8-15(9-7-13)12(16)10-5-3-4-6-11(10)14/h3-6H,2,7-9H2,1H3. The number of alkyl halides is 1. The van der Waals surface area contributed by atoms with Crippen molar-refractivity contribution in [1.29, 1.82) is 0 Å². The smallest absolute Gasteiger partial charge is 0.255 e. The summed E-state index contributed by atoms with van der Waals surface area (Å²) in [6, 6.07) is 7.17. The molecule has 0 radical (unpaired) electrons. The van der Waals surface area contributed by atoms with E-state index in [4.69, 9.17) is 11.6 Å². The molecule has 4 heteroatoms. The molecule has 0 aliphatic carbocycles. The fourth-order valence-electron chi connectivity index (χ4n) is 1.49. The van der Waals surface area contributed by atoms with Crippen LogP contribution in [-0.2, 0) is 0 Å². The first-order chi connectivity index (χ1) is 7.70. The molecule has 1 rings (SSSR count). The lowest BCUT2D eigenvalue weighted by Gasteiger charge is -2.21. The fourth-order valence-corrected chi connectivity index (χ4v) is 2.14. The second kappa shape index (κ2) is 6.92. The van der Waals surface area contributed by atoms with E-state index in [1.54, 1.807) is 12.1 Å². The minimum Gasteiger partial charge on any atom is -0.338 e. The van der Waals surface area contributed by atoms with Gasteiger partial charge in [-0.05, 0) is 18.6 Å². The molecule has 0 aliphatic rings. The van der Waals surface area contributed by atoms with Gasteiger partial charge in [0, 0.05) is 18.4 Å². The molecule has 0 fully saturated rings. The molecule has 0 unspecified atom stereocenters. The third-order valence-corrected chi connectivity index (χ3v) is 2.92. The van der Waals surface area contributed by atoms with Gasteiger partial charge in [-0.25, -0.2) is 0 Å². The van der Waals surface area contributed by atoms with Crippen LogP contribution in [0.4, 0.5) is 0 Å². The van der Waals surface area contributed by atoms with Gasteiger partial charge in [-0.1, -0.05) is 46.6 Å². The van der Waals surface area contributed by atoms with Crippen molar-refractivity contribution in [2.75, 3.05) is 18.4 Å². The van der Waals surface area contributed by atoms with Gasteiger partial charge in [0.1, 0.15) is 0 Å². The summed E-state index contributed by atoms with van der Waals surface area (Å²) >= 11 is 9.36. The molecule has 0 heterocycles. The summed E-state index contributed by atoms with van der Waals surface area (Å²) in [4.78, 5) is 14.0. The van der Waals surface area contributed by atoms with Crippen LogP contribution in [0.3, 0.4) is 0 Å². The zero-order valence-corrected chi connectivity index (χ0v) is 11.6. The van der Waals surface area contributed by atoms with Gasteiger partial charge in [0.2, 0.25) is 0 Å². The number of halogens is 2. The maximum Gasteiger partial charge on any atom is 0.255 e. The van der Waals surface area contributed by atoms with E-state index in [1.165, 1.54) is 0 Å². The molecule has 16 heavy (non-hydrogen) atoms. The maximum absolute atomic E-state index is 12.2. The van der Waals surface area contributed by atoms with E-state index in [1.807, 2.05) is 17.0 Å². The minimum atomic E-state index is 0.00639. The predicted molar refractivity (Wildman–Crippen MR) is 71.4 cm³/mol. The van der Waals surface area contributed by atoms with Crippen LogP contribution in [0.25, 0.3) is 0 Å². The molecule has 1 aromatic carbocycles. The highest BCUT2D eigenvalue weighted by molar-refractivity contribution is 9.09. The molecule has 88 valence electrons. The van der Waals surface area contributed by atoms with E-state index in [0.717, 1.165) is 18.3 Å². The van der Waals surface area contributed by atoms with Crippen LogP contribution in [0.2, 0.25) is 5.02 Å². The Morgan fingerprint density at radius 2 is 2.06 bits per heavy atom. The molecule has 2 nitrogen and oxygen atoms in total. The van der Waals surface area contributed by atoms with Crippen molar-refractivity contribution < 1.29 is 4.79 Å². The van der Waals surface area contributed by atoms with Crippen molar-refractivity contribution in [3.63, 3.8) is 0 Å². The zero-order valence-electron chi connectivity index (χ0n) is 9.25. The van der Waals surface area contributed by atoms with Crippen molar-refractivity contribution >= 4 is 33.4 Å². The molecule has 0 bridgehead atoms. The summed E-state index contributed by atoms with van der Waals surface area (Å²) < 4.78 is 0. The Kier molecular flexibility index (Phi) is 5.85. The highest BCUT2D eigenvalue weighted by Gasteiger charge is 2.16. The molecule has 0 atom stereocenters. The molecule has 0 N–H and O–H groups in total. The lowest BCUT2D eigenvalue weighted by Crippen LogP contribution is -2.33. The van der Waals surface area contributed by atoms with E-state index in [9.17, 15) is 4.79 Å². The average Bonchev–Trinajstić information content (AvgIpc) is 2.28. The number of benzene rings is 1. The second-order valence-electron chi connectivity index (χ2n) is 3.46. The quantitative estimate of drug-likeness (QED) is 0.761. The second-order valence-corrected chi connectivity index (χ2v) is 4.66. The number of amides is 1. The van der Waals surface area contributed by atoms with Gasteiger partial charge < -0.3 is 4.90 Å². The van der Waals surface area contributed by atoms with Crippen molar-refractivity contribution in [2.45, 2.75) is 13.3 Å². The molecule has 0 saturated heterocycles. The number of hydrogen-bond acceptors (Lipinski definition) is 1. The number of hydrogen-bond donors (Lipinski definition) is 0. The van der Waals surface area contributed by atoms with Crippen molar-refractivity contribution in [1.82, 2.24) is 4.90 Å². The first-order valence-electron chi connectivity index (χ1n) is 5.30. The lowest BCUT2D eigenvalue weighted by atomic mass is 10.2. The van der Waals surface area contributed by atoms with Crippen LogP contribution in [0.5, 0.6) is 0 Å². The van der Waals surface area contributed by atoms with Gasteiger partial charge >= 0.3 is 0 Å². The predicted octanol–water partition coefficient (Wildman–Crippen LogP) is 3.59.